The van der Waals surface area contributed by atoms with Gasteiger partial charge in [-0.25, -0.2) is 0 Å². The van der Waals surface area contributed by atoms with E-state index in [0.717, 1.165) is 16.9 Å². The Morgan fingerprint density at radius 1 is 1.43 bits per heavy atom. The van der Waals surface area contributed by atoms with Crippen molar-refractivity contribution < 1.29 is 18.0 Å². The quantitative estimate of drug-likeness (QED) is 0.505. The average Bonchev–Trinajstić information content (AvgIpc) is 2.37. The van der Waals surface area contributed by atoms with Gasteiger partial charge in [0.25, 0.3) is 0 Å². The number of rotatable bonds is 5. The van der Waals surface area contributed by atoms with Gasteiger partial charge < -0.3 is 5.73 Å². The molecule has 0 aliphatic rings. The second-order valence-electron chi connectivity index (χ2n) is 4.07. The van der Waals surface area contributed by atoms with Crippen LogP contribution in [0.4, 0.5) is 18.9 Å². The molecule has 0 radical (unpaired) electrons. The van der Waals surface area contributed by atoms with Crippen LogP contribution in [0.15, 0.2) is 39.9 Å². The number of carbonyl (C=O) groups excluding carboxylic acids is 1. The first kappa shape index (κ1) is 17.3. The number of hydrogen-bond donors (Lipinski definition) is 1. The Labute approximate surface area is 125 Å². The summed E-state index contributed by atoms with van der Waals surface area (Å²) in [4.78, 5) is 16.1. The number of aliphatic imine (C=N–C) groups is 1. The predicted octanol–water partition coefficient (Wildman–Crippen LogP) is 4.11. The lowest BCUT2D eigenvalue weighted by Gasteiger charge is -2.06. The average molecular weight is 316 g/mol. The van der Waals surface area contributed by atoms with Crippen LogP contribution < -0.4 is 5.73 Å². The molecule has 0 atom stereocenters. The van der Waals surface area contributed by atoms with Crippen LogP contribution in [0.1, 0.15) is 24.2 Å². The zero-order chi connectivity index (χ0) is 16.0. The summed E-state index contributed by atoms with van der Waals surface area (Å²) in [6.07, 6.45) is -2.87. The summed E-state index contributed by atoms with van der Waals surface area (Å²) < 4.78 is 36.6. The van der Waals surface area contributed by atoms with Gasteiger partial charge in [0.2, 0.25) is 0 Å². The van der Waals surface area contributed by atoms with Crippen LogP contribution in [0.2, 0.25) is 0 Å². The molecule has 0 amide bonds. The summed E-state index contributed by atoms with van der Waals surface area (Å²) in [6, 6.07) is 4.85. The zero-order valence-electron chi connectivity index (χ0n) is 11.6. The number of Topliss-reactive ketones (excluding diaryl/α,β-unsaturated/α-hetero) is 1. The summed E-state index contributed by atoms with van der Waals surface area (Å²) >= 11 is 1.47. The predicted molar refractivity (Wildman–Crippen MR) is 79.3 cm³/mol. The van der Waals surface area contributed by atoms with Gasteiger partial charge >= 0.3 is 6.18 Å². The normalized spacial score (nSPS) is 12.9. The molecule has 0 aliphatic carbocycles. The number of nitrogens with two attached hydrogens (primary N) is 1. The first-order valence-corrected chi connectivity index (χ1v) is 7.09. The fraction of sp³-hybridized carbons (Fsp3) is 0.286. The first-order valence-electron chi connectivity index (χ1n) is 6.10. The smallest absolute Gasteiger partial charge is 0.395 e. The van der Waals surface area contributed by atoms with E-state index in [1.165, 1.54) is 18.7 Å². The Hall–Kier alpha value is -1.76. The van der Waals surface area contributed by atoms with Crippen molar-refractivity contribution in [3.05, 3.63) is 35.5 Å². The Morgan fingerprint density at radius 3 is 2.62 bits per heavy atom. The van der Waals surface area contributed by atoms with E-state index in [1.807, 2.05) is 6.92 Å². The fourth-order valence-electron chi connectivity index (χ4n) is 1.46. The van der Waals surface area contributed by atoms with Crippen molar-refractivity contribution in [2.75, 3.05) is 5.75 Å². The van der Waals surface area contributed by atoms with E-state index in [2.05, 4.69) is 4.99 Å². The lowest BCUT2D eigenvalue weighted by Crippen LogP contribution is -2.19. The topological polar surface area (TPSA) is 55.4 Å². The molecule has 7 heteroatoms. The Morgan fingerprint density at radius 2 is 2.10 bits per heavy atom. The molecule has 2 N–H and O–H groups in total. The molecule has 0 saturated heterocycles. The van der Waals surface area contributed by atoms with Crippen molar-refractivity contribution in [1.82, 2.24) is 0 Å². The SMILES string of the molecule is CCSc1cc(N=CC=C(N)C(F)(F)F)ccc1C(C)=O. The summed E-state index contributed by atoms with van der Waals surface area (Å²) in [5, 5.41) is 0. The number of hydrogen-bond acceptors (Lipinski definition) is 4. The fourth-order valence-corrected chi connectivity index (χ4v) is 2.34. The number of alkyl halides is 3. The van der Waals surface area contributed by atoms with Crippen LogP contribution in [0.3, 0.4) is 0 Å². The number of benzene rings is 1. The molecule has 0 saturated carbocycles. The molecule has 1 aromatic carbocycles. The van der Waals surface area contributed by atoms with E-state index in [0.29, 0.717) is 17.3 Å². The van der Waals surface area contributed by atoms with E-state index in [1.54, 1.807) is 18.2 Å². The summed E-state index contributed by atoms with van der Waals surface area (Å²) in [7, 11) is 0. The van der Waals surface area contributed by atoms with E-state index < -0.39 is 11.9 Å². The maximum atomic E-state index is 12.2. The minimum Gasteiger partial charge on any atom is -0.395 e. The van der Waals surface area contributed by atoms with Gasteiger partial charge in [-0.15, -0.1) is 11.8 Å². The van der Waals surface area contributed by atoms with E-state index in [4.69, 9.17) is 5.73 Å². The Bertz CT molecular complexity index is 580. The minimum absolute atomic E-state index is 0.0670. The highest BCUT2D eigenvalue weighted by Crippen LogP contribution is 2.28. The van der Waals surface area contributed by atoms with E-state index >= 15 is 0 Å². The van der Waals surface area contributed by atoms with Gasteiger partial charge in [-0.1, -0.05) is 6.92 Å². The van der Waals surface area contributed by atoms with Crippen LogP contribution >= 0.6 is 11.8 Å². The van der Waals surface area contributed by atoms with Crippen molar-refractivity contribution in [2.45, 2.75) is 24.9 Å². The summed E-state index contributed by atoms with van der Waals surface area (Å²) in [5.41, 5.74) is 4.67. The maximum absolute atomic E-state index is 12.2. The molecule has 0 aromatic heterocycles. The molecule has 0 aliphatic heterocycles. The number of ketones is 1. The van der Waals surface area contributed by atoms with Crippen LogP contribution in [-0.4, -0.2) is 23.9 Å². The first-order chi connectivity index (χ1) is 9.75. The third-order valence-electron chi connectivity index (χ3n) is 2.45. The monoisotopic (exact) mass is 316 g/mol. The third-order valence-corrected chi connectivity index (χ3v) is 3.39. The largest absolute Gasteiger partial charge is 0.430 e. The molecule has 0 heterocycles. The minimum atomic E-state index is -4.56. The van der Waals surface area contributed by atoms with Crippen molar-refractivity contribution in [3.63, 3.8) is 0 Å². The molecule has 114 valence electrons. The van der Waals surface area contributed by atoms with Gasteiger partial charge in [0.05, 0.1) is 5.69 Å². The highest BCUT2D eigenvalue weighted by atomic mass is 32.2. The van der Waals surface area contributed by atoms with Crippen molar-refractivity contribution >= 4 is 29.4 Å². The van der Waals surface area contributed by atoms with Gasteiger partial charge in [0.1, 0.15) is 5.70 Å². The van der Waals surface area contributed by atoms with Gasteiger partial charge in [-0.2, -0.15) is 13.2 Å². The number of allylic oxidation sites excluding steroid dienone is 2. The molecule has 3 nitrogen and oxygen atoms in total. The molecular weight excluding hydrogens is 301 g/mol. The Balaban J connectivity index is 3.00. The number of halogens is 3. The molecular formula is C14H15F3N2OS. The standard InChI is InChI=1S/C14H15F3N2OS/c1-3-21-12-8-10(4-5-11(12)9(2)20)19-7-6-13(18)14(15,16)17/h4-8H,3,18H2,1-2H3. The molecule has 0 fully saturated rings. The lowest BCUT2D eigenvalue weighted by molar-refractivity contribution is -0.0925. The van der Waals surface area contributed by atoms with Crippen LogP contribution in [0.5, 0.6) is 0 Å². The van der Waals surface area contributed by atoms with Gasteiger partial charge in [-0.05, 0) is 37.0 Å². The number of nitrogens with zero attached hydrogens (tertiary/aromatic N) is 1. The van der Waals surface area contributed by atoms with Crippen molar-refractivity contribution in [2.24, 2.45) is 10.7 Å². The second-order valence-corrected chi connectivity index (χ2v) is 5.37. The zero-order valence-corrected chi connectivity index (χ0v) is 12.4. The van der Waals surface area contributed by atoms with Crippen molar-refractivity contribution in [1.29, 1.82) is 0 Å². The van der Waals surface area contributed by atoms with Crippen LogP contribution in [0.25, 0.3) is 0 Å². The molecule has 21 heavy (non-hydrogen) atoms. The molecule has 0 bridgehead atoms. The van der Waals surface area contributed by atoms with Crippen LogP contribution in [0, 0.1) is 0 Å². The van der Waals surface area contributed by atoms with Gasteiger partial charge in [0.15, 0.2) is 5.78 Å². The second kappa shape index (κ2) is 7.31. The molecule has 0 spiro atoms. The maximum Gasteiger partial charge on any atom is 0.430 e. The van der Waals surface area contributed by atoms with Crippen molar-refractivity contribution in [3.8, 4) is 0 Å². The number of thioether (sulfide) groups is 1. The van der Waals surface area contributed by atoms with Gasteiger partial charge in [0, 0.05) is 16.7 Å². The van der Waals surface area contributed by atoms with E-state index in [9.17, 15) is 18.0 Å². The van der Waals surface area contributed by atoms with Gasteiger partial charge in [-0.3, -0.25) is 9.79 Å². The lowest BCUT2D eigenvalue weighted by atomic mass is 10.1. The van der Waals surface area contributed by atoms with E-state index in [-0.39, 0.29) is 5.78 Å². The highest BCUT2D eigenvalue weighted by Gasteiger charge is 2.30. The summed E-state index contributed by atoms with van der Waals surface area (Å²) in [6.45, 7) is 3.40. The Kier molecular flexibility index (Phi) is 6.02. The molecule has 1 aromatic rings. The molecule has 1 rings (SSSR count). The highest BCUT2D eigenvalue weighted by molar-refractivity contribution is 7.99. The molecule has 0 unspecified atom stereocenters. The third kappa shape index (κ3) is 5.26. The van der Waals surface area contributed by atoms with Crippen LogP contribution in [-0.2, 0) is 0 Å². The number of carbonyl (C=O) groups is 1. The summed E-state index contributed by atoms with van der Waals surface area (Å²) in [5.74, 6) is 0.705.